The maximum Gasteiger partial charge on any atom is 0.234 e. The average Bonchev–Trinajstić information content (AvgIpc) is 2.71. The van der Waals surface area contributed by atoms with E-state index in [1.165, 1.54) is 4.88 Å². The molecular formula is C11H17ClN2O2S. The van der Waals surface area contributed by atoms with E-state index in [2.05, 4.69) is 10.6 Å². The van der Waals surface area contributed by atoms with Crippen molar-refractivity contribution in [3.8, 4) is 0 Å². The number of hydrogen-bond acceptors (Lipinski definition) is 4. The maximum atomic E-state index is 11.3. The number of thiophene rings is 1. The van der Waals surface area contributed by atoms with E-state index in [1.807, 2.05) is 12.1 Å². The Morgan fingerprint density at radius 3 is 2.94 bits per heavy atom. The van der Waals surface area contributed by atoms with Crippen LogP contribution in [0.1, 0.15) is 4.88 Å². The van der Waals surface area contributed by atoms with Crippen molar-refractivity contribution in [1.29, 1.82) is 0 Å². The van der Waals surface area contributed by atoms with Crippen LogP contribution in [0.25, 0.3) is 0 Å². The van der Waals surface area contributed by atoms with Crippen molar-refractivity contribution < 1.29 is 9.53 Å². The Kier molecular flexibility index (Phi) is 7.19. The van der Waals surface area contributed by atoms with Gasteiger partial charge in [-0.25, -0.2) is 0 Å². The van der Waals surface area contributed by atoms with Crippen molar-refractivity contribution in [1.82, 2.24) is 10.6 Å². The highest BCUT2D eigenvalue weighted by Gasteiger charge is 2.00. The van der Waals surface area contributed by atoms with E-state index >= 15 is 0 Å². The molecule has 0 aliphatic rings. The summed E-state index contributed by atoms with van der Waals surface area (Å²) in [5.41, 5.74) is 0. The molecule has 1 heterocycles. The standard InChI is InChI=1S/C11H17ClN2O2S/c1-16-7-6-14-11(15)8-13-5-4-9-2-3-10(12)17-9/h2-3,13H,4-8H2,1H3,(H,14,15). The summed E-state index contributed by atoms with van der Waals surface area (Å²) in [4.78, 5) is 12.5. The van der Waals surface area contributed by atoms with Gasteiger partial charge in [-0.1, -0.05) is 11.6 Å². The molecule has 0 fully saturated rings. The number of carbonyl (C=O) groups excluding carboxylic acids is 1. The van der Waals surface area contributed by atoms with Gasteiger partial charge in [-0.15, -0.1) is 11.3 Å². The lowest BCUT2D eigenvalue weighted by molar-refractivity contribution is -0.120. The largest absolute Gasteiger partial charge is 0.383 e. The monoisotopic (exact) mass is 276 g/mol. The van der Waals surface area contributed by atoms with Crippen molar-refractivity contribution in [2.75, 3.05) is 33.4 Å². The number of halogens is 1. The SMILES string of the molecule is COCCNC(=O)CNCCc1ccc(Cl)s1. The Labute approximate surface area is 110 Å². The van der Waals surface area contributed by atoms with Crippen molar-refractivity contribution in [3.05, 3.63) is 21.3 Å². The van der Waals surface area contributed by atoms with Crippen LogP contribution >= 0.6 is 22.9 Å². The van der Waals surface area contributed by atoms with Crippen LogP contribution in [0, 0.1) is 0 Å². The van der Waals surface area contributed by atoms with Crippen LogP contribution in [0.5, 0.6) is 0 Å². The summed E-state index contributed by atoms with van der Waals surface area (Å²) in [6, 6.07) is 3.90. The Morgan fingerprint density at radius 1 is 1.47 bits per heavy atom. The van der Waals surface area contributed by atoms with Gasteiger partial charge in [0.15, 0.2) is 0 Å². The smallest absolute Gasteiger partial charge is 0.234 e. The predicted molar refractivity (Wildman–Crippen MR) is 70.8 cm³/mol. The molecule has 17 heavy (non-hydrogen) atoms. The maximum absolute atomic E-state index is 11.3. The summed E-state index contributed by atoms with van der Waals surface area (Å²) >= 11 is 7.39. The molecule has 1 aromatic rings. The minimum absolute atomic E-state index is 0.00809. The zero-order valence-electron chi connectivity index (χ0n) is 9.79. The van der Waals surface area contributed by atoms with Crippen LogP contribution < -0.4 is 10.6 Å². The van der Waals surface area contributed by atoms with E-state index in [1.54, 1.807) is 18.4 Å². The minimum atomic E-state index is -0.00809. The lowest BCUT2D eigenvalue weighted by atomic mass is 10.3. The number of nitrogens with one attached hydrogen (secondary N) is 2. The summed E-state index contributed by atoms with van der Waals surface area (Å²) in [7, 11) is 1.61. The normalized spacial score (nSPS) is 10.5. The predicted octanol–water partition coefficient (Wildman–Crippen LogP) is 1.30. The first-order valence-electron chi connectivity index (χ1n) is 5.43. The average molecular weight is 277 g/mol. The molecule has 1 rings (SSSR count). The van der Waals surface area contributed by atoms with E-state index in [4.69, 9.17) is 16.3 Å². The molecule has 0 spiro atoms. The molecule has 0 unspecified atom stereocenters. The van der Waals surface area contributed by atoms with Crippen LogP contribution in [-0.4, -0.2) is 39.3 Å². The van der Waals surface area contributed by atoms with Gasteiger partial charge in [-0.05, 0) is 18.6 Å². The molecule has 4 nitrogen and oxygen atoms in total. The molecule has 0 aromatic carbocycles. The Morgan fingerprint density at radius 2 is 2.29 bits per heavy atom. The van der Waals surface area contributed by atoms with Gasteiger partial charge in [0, 0.05) is 25.1 Å². The zero-order valence-corrected chi connectivity index (χ0v) is 11.4. The Balaban J connectivity index is 2.02. The van der Waals surface area contributed by atoms with E-state index in [-0.39, 0.29) is 5.91 Å². The topological polar surface area (TPSA) is 50.4 Å². The summed E-state index contributed by atoms with van der Waals surface area (Å²) < 4.78 is 5.63. The van der Waals surface area contributed by atoms with Gasteiger partial charge in [0.1, 0.15) is 0 Å². The fourth-order valence-corrected chi connectivity index (χ4v) is 2.34. The molecule has 0 atom stereocenters. The second kappa shape index (κ2) is 8.47. The van der Waals surface area contributed by atoms with Crippen molar-refractivity contribution >= 4 is 28.8 Å². The van der Waals surface area contributed by atoms with Gasteiger partial charge in [-0.2, -0.15) is 0 Å². The molecule has 1 amide bonds. The molecule has 0 aliphatic heterocycles. The first-order chi connectivity index (χ1) is 8.22. The first kappa shape index (κ1) is 14.4. The molecule has 6 heteroatoms. The van der Waals surface area contributed by atoms with Crippen molar-refractivity contribution in [2.24, 2.45) is 0 Å². The van der Waals surface area contributed by atoms with Crippen LogP contribution in [-0.2, 0) is 16.0 Å². The highest BCUT2D eigenvalue weighted by Crippen LogP contribution is 2.21. The molecule has 0 saturated heterocycles. The van der Waals surface area contributed by atoms with Crippen LogP contribution in [0.3, 0.4) is 0 Å². The second-order valence-corrected chi connectivity index (χ2v) is 5.27. The van der Waals surface area contributed by atoms with Gasteiger partial charge in [0.2, 0.25) is 5.91 Å². The minimum Gasteiger partial charge on any atom is -0.383 e. The van der Waals surface area contributed by atoms with Gasteiger partial charge in [0.05, 0.1) is 17.5 Å². The molecule has 1 aromatic heterocycles. The quantitative estimate of drug-likeness (QED) is 0.704. The summed E-state index contributed by atoms with van der Waals surface area (Å²) in [6.45, 7) is 2.20. The number of amides is 1. The lowest BCUT2D eigenvalue weighted by Gasteiger charge is -2.05. The second-order valence-electron chi connectivity index (χ2n) is 3.48. The van der Waals surface area contributed by atoms with Crippen LogP contribution in [0.15, 0.2) is 12.1 Å². The lowest BCUT2D eigenvalue weighted by Crippen LogP contribution is -2.36. The summed E-state index contributed by atoms with van der Waals surface area (Å²) in [6.07, 6.45) is 0.892. The molecule has 2 N–H and O–H groups in total. The van der Waals surface area contributed by atoms with Gasteiger partial charge in [-0.3, -0.25) is 4.79 Å². The van der Waals surface area contributed by atoms with Gasteiger partial charge < -0.3 is 15.4 Å². The first-order valence-corrected chi connectivity index (χ1v) is 6.62. The third-order valence-corrected chi connectivity index (χ3v) is 3.38. The third-order valence-electron chi connectivity index (χ3n) is 2.09. The van der Waals surface area contributed by atoms with Crippen LogP contribution in [0.2, 0.25) is 4.34 Å². The molecule has 0 aliphatic carbocycles. The van der Waals surface area contributed by atoms with E-state index in [9.17, 15) is 4.79 Å². The van der Waals surface area contributed by atoms with E-state index in [0.29, 0.717) is 19.7 Å². The number of ether oxygens (including phenoxy) is 1. The number of methoxy groups -OCH3 is 1. The zero-order chi connectivity index (χ0) is 12.5. The van der Waals surface area contributed by atoms with Crippen molar-refractivity contribution in [2.45, 2.75) is 6.42 Å². The fourth-order valence-electron chi connectivity index (χ4n) is 1.25. The van der Waals surface area contributed by atoms with E-state index in [0.717, 1.165) is 17.3 Å². The molecular weight excluding hydrogens is 260 g/mol. The number of rotatable bonds is 8. The van der Waals surface area contributed by atoms with Gasteiger partial charge in [0.25, 0.3) is 0 Å². The third kappa shape index (κ3) is 6.63. The summed E-state index contributed by atoms with van der Waals surface area (Å²) in [5.74, 6) is -0.00809. The Hall–Kier alpha value is -0.620. The highest BCUT2D eigenvalue weighted by atomic mass is 35.5. The molecule has 96 valence electrons. The Bertz CT molecular complexity index is 344. The molecule has 0 bridgehead atoms. The van der Waals surface area contributed by atoms with E-state index < -0.39 is 0 Å². The molecule has 0 radical (unpaired) electrons. The number of hydrogen-bond donors (Lipinski definition) is 2. The fraction of sp³-hybridized carbons (Fsp3) is 0.545. The van der Waals surface area contributed by atoms with Gasteiger partial charge >= 0.3 is 0 Å². The van der Waals surface area contributed by atoms with Crippen molar-refractivity contribution in [3.63, 3.8) is 0 Å². The molecule has 0 saturated carbocycles. The number of carbonyl (C=O) groups is 1. The summed E-state index contributed by atoms with van der Waals surface area (Å²) in [5, 5.41) is 5.82. The highest BCUT2D eigenvalue weighted by molar-refractivity contribution is 7.16. The van der Waals surface area contributed by atoms with Crippen LogP contribution in [0.4, 0.5) is 0 Å².